The van der Waals surface area contributed by atoms with Gasteiger partial charge in [-0.25, -0.2) is 0 Å². The van der Waals surface area contributed by atoms with Crippen LogP contribution in [0.5, 0.6) is 5.75 Å². The molecule has 2 heterocycles. The van der Waals surface area contributed by atoms with Gasteiger partial charge in [-0.1, -0.05) is 0 Å². The molecule has 0 aromatic heterocycles. The van der Waals surface area contributed by atoms with Gasteiger partial charge in [0.1, 0.15) is 17.4 Å². The van der Waals surface area contributed by atoms with Gasteiger partial charge in [-0.05, 0) is 67.9 Å². The lowest BCUT2D eigenvalue weighted by Crippen LogP contribution is -2.55. The smallest absolute Gasteiger partial charge is 0.417 e. The minimum atomic E-state index is -4.75. The number of anilines is 2. The fraction of sp³-hybridized carbons (Fsp3) is 0.348. The number of rotatable bonds is 3. The second-order valence-corrected chi connectivity index (χ2v) is 9.77. The molecule has 1 spiro atoms. The Balaban J connectivity index is 1.55. The highest BCUT2D eigenvalue weighted by Gasteiger charge is 2.59. The number of thiocarbonyl (C=S) groups is 1. The minimum absolute atomic E-state index is 0.0171. The summed E-state index contributed by atoms with van der Waals surface area (Å²) < 4.78 is 46.4. The van der Waals surface area contributed by atoms with E-state index < -0.39 is 22.8 Å². The van der Waals surface area contributed by atoms with Crippen molar-refractivity contribution in [2.75, 3.05) is 22.2 Å². The lowest BCUT2D eigenvalue weighted by Gasteiger charge is -2.43. The van der Waals surface area contributed by atoms with Gasteiger partial charge in [-0.15, -0.1) is 11.8 Å². The van der Waals surface area contributed by atoms with Crippen molar-refractivity contribution in [3.05, 3.63) is 47.5 Å². The molecule has 1 saturated carbocycles. The van der Waals surface area contributed by atoms with Gasteiger partial charge in [0.15, 0.2) is 5.11 Å². The van der Waals surface area contributed by atoms with E-state index in [1.165, 1.54) is 17.8 Å². The first kappa shape index (κ1) is 23.0. The maximum absolute atomic E-state index is 13.6. The zero-order valence-corrected chi connectivity index (χ0v) is 19.3. The Morgan fingerprint density at radius 1 is 1.24 bits per heavy atom. The van der Waals surface area contributed by atoms with Crippen LogP contribution >= 0.6 is 24.0 Å². The van der Waals surface area contributed by atoms with Crippen LogP contribution in [0.4, 0.5) is 24.5 Å². The van der Waals surface area contributed by atoms with Gasteiger partial charge >= 0.3 is 6.18 Å². The Kier molecular flexibility index (Phi) is 5.50. The van der Waals surface area contributed by atoms with Crippen LogP contribution in [0.25, 0.3) is 0 Å². The Hall–Kier alpha value is -2.81. The van der Waals surface area contributed by atoms with Crippen LogP contribution in [-0.4, -0.2) is 40.1 Å². The average molecular weight is 506 g/mol. The SMILES string of the molecule is N#Cc1ccc(N2C(=O)C3(CCC3)N(c3ccc4c(c3)SC[C@H](CO)O4)C2=S)cc1C(F)(F)F. The van der Waals surface area contributed by atoms with E-state index in [0.717, 1.165) is 28.3 Å². The van der Waals surface area contributed by atoms with Gasteiger partial charge in [0.05, 0.1) is 34.4 Å². The van der Waals surface area contributed by atoms with Gasteiger partial charge in [0, 0.05) is 11.4 Å². The number of ether oxygens (including phenoxy) is 1. The number of nitriles is 1. The first-order valence-electron chi connectivity index (χ1n) is 10.5. The van der Waals surface area contributed by atoms with E-state index >= 15 is 0 Å². The summed E-state index contributed by atoms with van der Waals surface area (Å²) in [5.41, 5.74) is -1.94. The Labute approximate surface area is 202 Å². The largest absolute Gasteiger partial charge is 0.486 e. The van der Waals surface area contributed by atoms with Crippen LogP contribution in [0.3, 0.4) is 0 Å². The summed E-state index contributed by atoms with van der Waals surface area (Å²) in [4.78, 5) is 17.3. The van der Waals surface area contributed by atoms with Crippen molar-refractivity contribution in [2.45, 2.75) is 42.0 Å². The predicted octanol–water partition coefficient (Wildman–Crippen LogP) is 4.48. The predicted molar refractivity (Wildman–Crippen MR) is 124 cm³/mol. The zero-order valence-electron chi connectivity index (χ0n) is 17.6. The van der Waals surface area contributed by atoms with Crippen LogP contribution in [0.15, 0.2) is 41.3 Å². The van der Waals surface area contributed by atoms with Crippen LogP contribution in [0, 0.1) is 11.3 Å². The Morgan fingerprint density at radius 2 is 1.97 bits per heavy atom. The summed E-state index contributed by atoms with van der Waals surface area (Å²) in [6.07, 6.45) is -3.20. The van der Waals surface area contributed by atoms with E-state index in [4.69, 9.17) is 22.2 Å². The number of alkyl halides is 3. The third kappa shape index (κ3) is 3.43. The number of benzene rings is 2. The molecule has 3 aliphatic rings. The molecule has 2 aliphatic heterocycles. The molecule has 11 heteroatoms. The maximum atomic E-state index is 13.6. The number of fused-ring (bicyclic) bond motifs is 1. The quantitative estimate of drug-likeness (QED) is 0.617. The number of halogens is 3. The van der Waals surface area contributed by atoms with E-state index in [1.807, 2.05) is 6.07 Å². The van der Waals surface area contributed by atoms with E-state index in [0.29, 0.717) is 30.0 Å². The molecule has 0 bridgehead atoms. The van der Waals surface area contributed by atoms with Crippen molar-refractivity contribution < 1.29 is 27.8 Å². The number of nitrogens with zero attached hydrogens (tertiary/aromatic N) is 3. The normalized spacial score (nSPS) is 21.2. The number of thioether (sulfide) groups is 1. The Bertz CT molecular complexity index is 1240. The fourth-order valence-corrected chi connectivity index (χ4v) is 6.01. The molecule has 2 fully saturated rings. The van der Waals surface area contributed by atoms with Crippen LogP contribution < -0.4 is 14.5 Å². The number of hydrogen-bond acceptors (Lipinski definition) is 6. The summed E-state index contributed by atoms with van der Waals surface area (Å²) in [6, 6.07) is 10.1. The summed E-state index contributed by atoms with van der Waals surface area (Å²) in [5, 5.41) is 18.6. The van der Waals surface area contributed by atoms with Crippen LogP contribution in [-0.2, 0) is 11.0 Å². The summed E-state index contributed by atoms with van der Waals surface area (Å²) in [5.74, 6) is 0.819. The number of hydrogen-bond donors (Lipinski definition) is 1. The molecule has 0 unspecified atom stereocenters. The molecule has 0 radical (unpaired) electrons. The molecule has 6 nitrogen and oxygen atoms in total. The van der Waals surface area contributed by atoms with Crippen LogP contribution in [0.2, 0.25) is 0 Å². The summed E-state index contributed by atoms with van der Waals surface area (Å²) >= 11 is 7.17. The molecule has 1 amide bonds. The third-order valence-corrected chi connectivity index (χ3v) is 7.92. The highest BCUT2D eigenvalue weighted by Crippen LogP contribution is 2.49. The molecule has 1 aliphatic carbocycles. The van der Waals surface area contributed by atoms with Gasteiger partial charge in [0.2, 0.25) is 0 Å². The topological polar surface area (TPSA) is 76.8 Å². The van der Waals surface area contributed by atoms with Gasteiger partial charge < -0.3 is 14.7 Å². The number of amides is 1. The second-order valence-electron chi connectivity index (χ2n) is 8.35. The number of carbonyl (C=O) groups excluding carboxylic acids is 1. The van der Waals surface area contributed by atoms with Crippen molar-refractivity contribution in [1.82, 2.24) is 0 Å². The molecule has 1 atom stereocenters. The number of aliphatic hydroxyl groups excluding tert-OH is 1. The molecule has 1 N–H and O–H groups in total. The first-order chi connectivity index (χ1) is 16.2. The molecule has 1 saturated heterocycles. The number of aliphatic hydroxyl groups is 1. The van der Waals surface area contributed by atoms with E-state index in [1.54, 1.807) is 23.1 Å². The lowest BCUT2D eigenvalue weighted by atomic mass is 9.75. The zero-order chi connectivity index (χ0) is 24.3. The summed E-state index contributed by atoms with van der Waals surface area (Å²) in [6.45, 7) is -0.0958. The highest BCUT2D eigenvalue weighted by molar-refractivity contribution is 7.99. The van der Waals surface area contributed by atoms with Crippen molar-refractivity contribution in [2.24, 2.45) is 0 Å². The van der Waals surface area contributed by atoms with Crippen molar-refractivity contribution in [3.8, 4) is 11.8 Å². The monoisotopic (exact) mass is 505 g/mol. The van der Waals surface area contributed by atoms with Crippen LogP contribution in [0.1, 0.15) is 30.4 Å². The fourth-order valence-electron chi connectivity index (χ4n) is 4.54. The second kappa shape index (κ2) is 8.15. The highest BCUT2D eigenvalue weighted by atomic mass is 32.2. The van der Waals surface area contributed by atoms with E-state index in [9.17, 15) is 23.1 Å². The van der Waals surface area contributed by atoms with E-state index in [-0.39, 0.29) is 29.4 Å². The Morgan fingerprint density at radius 3 is 2.59 bits per heavy atom. The standard InChI is InChI=1S/C23H18F3N3O3S2/c24-23(25,26)17-8-14(3-2-13(17)10-27)28-20(31)22(6-1-7-22)29(21(28)33)15-4-5-18-19(9-15)34-12-16(11-30)32-18/h2-5,8-9,16,30H,1,6-7,11-12H2/t16-/m0/s1. The first-order valence-corrected chi connectivity index (χ1v) is 11.9. The van der Waals surface area contributed by atoms with Crippen molar-refractivity contribution >= 4 is 46.4 Å². The molecular weight excluding hydrogens is 487 g/mol. The third-order valence-electron chi connectivity index (χ3n) is 6.39. The van der Waals surface area contributed by atoms with Crippen molar-refractivity contribution in [1.29, 1.82) is 5.26 Å². The van der Waals surface area contributed by atoms with Gasteiger partial charge in [-0.3, -0.25) is 9.69 Å². The maximum Gasteiger partial charge on any atom is 0.417 e. The molecule has 5 rings (SSSR count). The van der Waals surface area contributed by atoms with E-state index in [2.05, 4.69) is 0 Å². The average Bonchev–Trinajstić information content (AvgIpc) is 3.04. The molecule has 2 aromatic carbocycles. The summed E-state index contributed by atoms with van der Waals surface area (Å²) in [7, 11) is 0. The molecule has 176 valence electrons. The van der Waals surface area contributed by atoms with Crippen molar-refractivity contribution in [3.63, 3.8) is 0 Å². The van der Waals surface area contributed by atoms with Gasteiger partial charge in [-0.2, -0.15) is 18.4 Å². The molecular formula is C23H18F3N3O3S2. The lowest BCUT2D eigenvalue weighted by molar-refractivity contribution is -0.137. The molecule has 2 aromatic rings. The molecule has 34 heavy (non-hydrogen) atoms. The van der Waals surface area contributed by atoms with Gasteiger partial charge in [0.25, 0.3) is 5.91 Å². The number of carbonyl (C=O) groups is 1. The minimum Gasteiger partial charge on any atom is -0.486 e.